The summed E-state index contributed by atoms with van der Waals surface area (Å²) in [7, 11) is -3.63. The zero-order chi connectivity index (χ0) is 13.8. The van der Waals surface area contributed by atoms with E-state index in [2.05, 4.69) is 4.72 Å². The Labute approximate surface area is 107 Å². The molecule has 0 spiro atoms. The van der Waals surface area contributed by atoms with Gasteiger partial charge >= 0.3 is 5.97 Å². The summed E-state index contributed by atoms with van der Waals surface area (Å²) in [4.78, 5) is 10.8. The monoisotopic (exact) mass is 280 g/mol. The van der Waals surface area contributed by atoms with Crippen molar-refractivity contribution >= 4 is 16.2 Å². The Balaban J connectivity index is 2.58. The van der Waals surface area contributed by atoms with Gasteiger partial charge in [0.15, 0.2) is 0 Å². The van der Waals surface area contributed by atoms with Crippen LogP contribution < -0.4 is 4.72 Å². The summed E-state index contributed by atoms with van der Waals surface area (Å²) in [5.74, 6) is -1.34. The first kappa shape index (κ1) is 15.4. The maximum Gasteiger partial charge on any atom is 0.306 e. The van der Waals surface area contributed by atoms with Crippen LogP contribution in [0.1, 0.15) is 26.2 Å². The Kier molecular flexibility index (Phi) is 5.51. The standard InChI is InChI=1S/C10H20N2O5S/c1-2-9(7-13)11-18(16,17)12-5-3-8(4-6-12)10(14)15/h8-9,11,13H,2-7H2,1H3,(H,14,15)/t9-/m1/s1. The minimum atomic E-state index is -3.63. The van der Waals surface area contributed by atoms with Crippen molar-refractivity contribution in [1.82, 2.24) is 9.03 Å². The molecule has 1 atom stereocenters. The molecule has 0 amide bonds. The number of aliphatic carboxylic acids is 1. The van der Waals surface area contributed by atoms with E-state index in [0.717, 1.165) is 0 Å². The number of carbonyl (C=O) groups is 1. The van der Waals surface area contributed by atoms with Crippen LogP contribution in [0.4, 0.5) is 0 Å². The number of piperidine rings is 1. The van der Waals surface area contributed by atoms with E-state index in [1.165, 1.54) is 4.31 Å². The van der Waals surface area contributed by atoms with Crippen LogP contribution in [0.15, 0.2) is 0 Å². The highest BCUT2D eigenvalue weighted by Gasteiger charge is 2.31. The molecule has 0 aromatic carbocycles. The summed E-state index contributed by atoms with van der Waals surface area (Å²) < 4.78 is 27.5. The number of carboxylic acids is 1. The van der Waals surface area contributed by atoms with Gasteiger partial charge in [-0.25, -0.2) is 0 Å². The molecule has 0 bridgehead atoms. The van der Waals surface area contributed by atoms with Gasteiger partial charge in [-0.15, -0.1) is 0 Å². The van der Waals surface area contributed by atoms with Gasteiger partial charge in [0.25, 0.3) is 10.2 Å². The smallest absolute Gasteiger partial charge is 0.306 e. The third-order valence-electron chi connectivity index (χ3n) is 3.17. The summed E-state index contributed by atoms with van der Waals surface area (Å²) in [6, 6.07) is -0.493. The molecule has 0 aliphatic carbocycles. The molecule has 3 N–H and O–H groups in total. The van der Waals surface area contributed by atoms with Crippen molar-refractivity contribution in [3.8, 4) is 0 Å². The number of nitrogens with zero attached hydrogens (tertiary/aromatic N) is 1. The quantitative estimate of drug-likeness (QED) is 0.601. The summed E-state index contributed by atoms with van der Waals surface area (Å²) >= 11 is 0. The summed E-state index contributed by atoms with van der Waals surface area (Å²) in [5, 5.41) is 17.8. The maximum absolute atomic E-state index is 11.9. The highest BCUT2D eigenvalue weighted by molar-refractivity contribution is 7.87. The molecule has 0 aromatic rings. The lowest BCUT2D eigenvalue weighted by Crippen LogP contribution is -2.49. The average Bonchev–Trinajstić information content (AvgIpc) is 2.36. The third-order valence-corrected chi connectivity index (χ3v) is 4.85. The van der Waals surface area contributed by atoms with Crippen molar-refractivity contribution < 1.29 is 23.4 Å². The Morgan fingerprint density at radius 1 is 1.44 bits per heavy atom. The second kappa shape index (κ2) is 6.46. The van der Waals surface area contributed by atoms with Crippen LogP contribution in [0.2, 0.25) is 0 Å². The van der Waals surface area contributed by atoms with E-state index in [1.54, 1.807) is 6.92 Å². The van der Waals surface area contributed by atoms with E-state index in [1.807, 2.05) is 0 Å². The summed E-state index contributed by atoms with van der Waals surface area (Å²) in [6.07, 6.45) is 1.15. The van der Waals surface area contributed by atoms with E-state index in [-0.39, 0.29) is 19.7 Å². The van der Waals surface area contributed by atoms with Crippen LogP contribution in [0.5, 0.6) is 0 Å². The highest BCUT2D eigenvalue weighted by atomic mass is 32.2. The van der Waals surface area contributed by atoms with Gasteiger partial charge in [0.05, 0.1) is 12.5 Å². The molecule has 1 rings (SSSR count). The number of hydrogen-bond donors (Lipinski definition) is 3. The molecule has 1 aliphatic rings. The lowest BCUT2D eigenvalue weighted by Gasteiger charge is -2.30. The van der Waals surface area contributed by atoms with Crippen LogP contribution >= 0.6 is 0 Å². The Hall–Kier alpha value is -0.700. The summed E-state index contributed by atoms with van der Waals surface area (Å²) in [5.41, 5.74) is 0. The van der Waals surface area contributed by atoms with Crippen LogP contribution in [0.3, 0.4) is 0 Å². The fourth-order valence-electron chi connectivity index (χ4n) is 1.88. The van der Waals surface area contributed by atoms with E-state index in [0.29, 0.717) is 19.3 Å². The minimum absolute atomic E-state index is 0.203. The number of carboxylic acid groups (broad SMARTS) is 1. The molecule has 1 fully saturated rings. The van der Waals surface area contributed by atoms with Gasteiger partial charge in [-0.1, -0.05) is 6.92 Å². The van der Waals surface area contributed by atoms with Gasteiger partial charge in [-0.05, 0) is 19.3 Å². The first-order valence-corrected chi connectivity index (χ1v) is 7.45. The molecular weight excluding hydrogens is 260 g/mol. The Morgan fingerprint density at radius 2 is 2.00 bits per heavy atom. The number of nitrogens with one attached hydrogen (secondary N) is 1. The van der Waals surface area contributed by atoms with E-state index in [4.69, 9.17) is 10.2 Å². The molecule has 0 unspecified atom stereocenters. The second-order valence-electron chi connectivity index (χ2n) is 4.42. The van der Waals surface area contributed by atoms with E-state index >= 15 is 0 Å². The molecule has 1 aliphatic heterocycles. The van der Waals surface area contributed by atoms with E-state index in [9.17, 15) is 13.2 Å². The normalized spacial score (nSPS) is 20.8. The second-order valence-corrected chi connectivity index (χ2v) is 6.12. The van der Waals surface area contributed by atoms with Gasteiger partial charge < -0.3 is 10.2 Å². The number of hydrogen-bond acceptors (Lipinski definition) is 4. The predicted molar refractivity (Wildman–Crippen MR) is 65.2 cm³/mol. The van der Waals surface area contributed by atoms with Crippen LogP contribution in [0, 0.1) is 5.92 Å². The van der Waals surface area contributed by atoms with Crippen LogP contribution in [0.25, 0.3) is 0 Å². The molecule has 1 saturated heterocycles. The van der Waals surface area contributed by atoms with Crippen molar-refractivity contribution in [1.29, 1.82) is 0 Å². The highest BCUT2D eigenvalue weighted by Crippen LogP contribution is 2.19. The Bertz CT molecular complexity index is 372. The molecule has 106 valence electrons. The van der Waals surface area contributed by atoms with Crippen molar-refractivity contribution in [3.63, 3.8) is 0 Å². The lowest BCUT2D eigenvalue weighted by atomic mass is 9.99. The first-order valence-electron chi connectivity index (χ1n) is 6.01. The molecule has 7 nitrogen and oxygen atoms in total. The van der Waals surface area contributed by atoms with Gasteiger partial charge in [0.2, 0.25) is 0 Å². The SMILES string of the molecule is CC[C@H](CO)NS(=O)(=O)N1CCC(C(=O)O)CC1. The van der Waals surface area contributed by atoms with Gasteiger partial charge in [-0.2, -0.15) is 17.4 Å². The molecule has 8 heteroatoms. The number of aliphatic hydroxyl groups excluding tert-OH is 1. The van der Waals surface area contributed by atoms with Crippen molar-refractivity contribution in [2.75, 3.05) is 19.7 Å². The zero-order valence-corrected chi connectivity index (χ0v) is 11.2. The van der Waals surface area contributed by atoms with Crippen molar-refractivity contribution in [2.45, 2.75) is 32.2 Å². The molecule has 0 aromatic heterocycles. The fraction of sp³-hybridized carbons (Fsp3) is 0.900. The van der Waals surface area contributed by atoms with Crippen LogP contribution in [-0.4, -0.2) is 54.6 Å². The topological polar surface area (TPSA) is 107 Å². The predicted octanol–water partition coefficient (Wildman–Crippen LogP) is -0.612. The molecule has 1 heterocycles. The maximum atomic E-state index is 11.9. The third kappa shape index (κ3) is 3.91. The molecular formula is C10H20N2O5S. The average molecular weight is 280 g/mol. The van der Waals surface area contributed by atoms with Gasteiger partial charge in [-0.3, -0.25) is 4.79 Å². The molecule has 0 radical (unpaired) electrons. The summed E-state index contributed by atoms with van der Waals surface area (Å²) in [6.45, 7) is 1.93. The number of aliphatic hydroxyl groups is 1. The largest absolute Gasteiger partial charge is 0.481 e. The zero-order valence-electron chi connectivity index (χ0n) is 10.4. The minimum Gasteiger partial charge on any atom is -0.481 e. The fourth-order valence-corrected chi connectivity index (χ4v) is 3.38. The van der Waals surface area contributed by atoms with Gasteiger partial charge in [0.1, 0.15) is 0 Å². The first-order chi connectivity index (χ1) is 8.40. The lowest BCUT2D eigenvalue weighted by molar-refractivity contribution is -0.142. The number of rotatable bonds is 6. The molecule has 18 heavy (non-hydrogen) atoms. The Morgan fingerprint density at radius 3 is 2.39 bits per heavy atom. The van der Waals surface area contributed by atoms with Crippen molar-refractivity contribution in [3.05, 3.63) is 0 Å². The van der Waals surface area contributed by atoms with Crippen LogP contribution in [-0.2, 0) is 15.0 Å². The van der Waals surface area contributed by atoms with E-state index < -0.39 is 28.1 Å². The van der Waals surface area contributed by atoms with Crippen molar-refractivity contribution in [2.24, 2.45) is 5.92 Å². The molecule has 0 saturated carbocycles. The van der Waals surface area contributed by atoms with Gasteiger partial charge in [0, 0.05) is 19.1 Å².